The van der Waals surface area contributed by atoms with Gasteiger partial charge >= 0.3 is 0 Å². The lowest BCUT2D eigenvalue weighted by atomic mass is 10.1. The number of aliphatic hydroxyl groups excluding tert-OH is 1. The van der Waals surface area contributed by atoms with Crippen LogP contribution in [0, 0.1) is 5.92 Å². The Kier molecular flexibility index (Phi) is 6.08. The molecule has 1 aliphatic rings. The van der Waals surface area contributed by atoms with Crippen LogP contribution in [0.4, 0.5) is 5.69 Å². The van der Waals surface area contributed by atoms with Crippen molar-refractivity contribution in [2.45, 2.75) is 30.3 Å². The number of amides is 1. The summed E-state index contributed by atoms with van der Waals surface area (Å²) in [6, 6.07) is 7.84. The maximum Gasteiger partial charge on any atom is 0.238 e. The van der Waals surface area contributed by atoms with E-state index in [1.807, 2.05) is 42.5 Å². The van der Waals surface area contributed by atoms with Gasteiger partial charge in [-0.1, -0.05) is 12.5 Å². The van der Waals surface area contributed by atoms with Crippen LogP contribution in [0.15, 0.2) is 29.2 Å². The van der Waals surface area contributed by atoms with Crippen molar-refractivity contribution in [2.75, 3.05) is 31.7 Å². The molecule has 2 N–H and O–H groups in total. The van der Waals surface area contributed by atoms with E-state index in [1.165, 1.54) is 0 Å². The molecule has 2 atom stereocenters. The third-order valence-electron chi connectivity index (χ3n) is 3.93. The summed E-state index contributed by atoms with van der Waals surface area (Å²) in [5, 5.41) is 12.8. The van der Waals surface area contributed by atoms with Gasteiger partial charge in [0.2, 0.25) is 5.91 Å². The highest BCUT2D eigenvalue weighted by molar-refractivity contribution is 7.98. The van der Waals surface area contributed by atoms with Gasteiger partial charge in [-0.15, -0.1) is 11.8 Å². The van der Waals surface area contributed by atoms with Crippen LogP contribution in [-0.2, 0) is 4.79 Å². The Morgan fingerprint density at radius 3 is 2.95 bits per heavy atom. The van der Waals surface area contributed by atoms with Gasteiger partial charge in [0.1, 0.15) is 0 Å². The zero-order chi connectivity index (χ0) is 15.2. The lowest BCUT2D eigenvalue weighted by Gasteiger charge is -2.22. The average molecular weight is 308 g/mol. The van der Waals surface area contributed by atoms with Gasteiger partial charge in [-0.2, -0.15) is 0 Å². The number of hydrogen-bond acceptors (Lipinski definition) is 4. The Morgan fingerprint density at radius 1 is 1.48 bits per heavy atom. The molecule has 1 aromatic rings. The number of nitrogens with zero attached hydrogens (tertiary/aromatic N) is 1. The van der Waals surface area contributed by atoms with Crippen molar-refractivity contribution >= 4 is 23.4 Å². The zero-order valence-corrected chi connectivity index (χ0v) is 13.5. The fourth-order valence-corrected chi connectivity index (χ4v) is 3.30. The summed E-state index contributed by atoms with van der Waals surface area (Å²) in [4.78, 5) is 15.2. The number of benzene rings is 1. The van der Waals surface area contributed by atoms with E-state index >= 15 is 0 Å². The van der Waals surface area contributed by atoms with E-state index in [0.717, 1.165) is 36.4 Å². The molecule has 1 fully saturated rings. The first-order valence-corrected chi connectivity index (χ1v) is 8.61. The molecule has 0 spiro atoms. The summed E-state index contributed by atoms with van der Waals surface area (Å²) >= 11 is 1.66. The van der Waals surface area contributed by atoms with Gasteiger partial charge in [0, 0.05) is 17.1 Å². The first-order chi connectivity index (χ1) is 10.1. The summed E-state index contributed by atoms with van der Waals surface area (Å²) in [6.45, 7) is 1.13. The molecule has 0 aromatic heterocycles. The van der Waals surface area contributed by atoms with E-state index in [-0.39, 0.29) is 12.0 Å². The molecule has 1 amide bonds. The van der Waals surface area contributed by atoms with Crippen LogP contribution in [0.5, 0.6) is 0 Å². The zero-order valence-electron chi connectivity index (χ0n) is 12.7. The summed E-state index contributed by atoms with van der Waals surface area (Å²) in [6.07, 6.45) is 4.86. The first-order valence-electron chi connectivity index (χ1n) is 7.39. The van der Waals surface area contributed by atoms with Gasteiger partial charge in [-0.3, -0.25) is 9.69 Å². The molecule has 0 heterocycles. The number of thioether (sulfide) groups is 1. The standard InChI is InChI=1S/C16H24N2O2S/c1-18(10-12-5-3-8-15(12)19)11-16(20)17-13-6-4-7-14(9-13)21-2/h4,6-7,9,12,15,19H,3,5,8,10-11H2,1-2H3,(H,17,20). The largest absolute Gasteiger partial charge is 0.393 e. The topological polar surface area (TPSA) is 52.6 Å². The molecule has 0 bridgehead atoms. The highest BCUT2D eigenvalue weighted by atomic mass is 32.2. The molecule has 1 aromatic carbocycles. The SMILES string of the molecule is CSc1cccc(NC(=O)CN(C)CC2CCCC2O)c1. The Hall–Kier alpha value is -1.04. The van der Waals surface area contributed by atoms with Crippen molar-refractivity contribution in [3.05, 3.63) is 24.3 Å². The van der Waals surface area contributed by atoms with Crippen LogP contribution in [0.2, 0.25) is 0 Å². The smallest absolute Gasteiger partial charge is 0.238 e. The normalized spacial score (nSPS) is 21.7. The maximum absolute atomic E-state index is 12.1. The van der Waals surface area contributed by atoms with Crippen molar-refractivity contribution in [2.24, 2.45) is 5.92 Å². The van der Waals surface area contributed by atoms with Crippen LogP contribution in [0.25, 0.3) is 0 Å². The van der Waals surface area contributed by atoms with Gasteiger partial charge in [0.25, 0.3) is 0 Å². The molecule has 21 heavy (non-hydrogen) atoms. The third kappa shape index (κ3) is 5.02. The molecule has 2 unspecified atom stereocenters. The quantitative estimate of drug-likeness (QED) is 0.793. The lowest BCUT2D eigenvalue weighted by Crippen LogP contribution is -2.35. The van der Waals surface area contributed by atoms with E-state index in [0.29, 0.717) is 12.5 Å². The average Bonchev–Trinajstić information content (AvgIpc) is 2.84. The molecule has 5 heteroatoms. The van der Waals surface area contributed by atoms with E-state index in [9.17, 15) is 9.90 Å². The molecule has 1 saturated carbocycles. The highest BCUT2D eigenvalue weighted by Crippen LogP contribution is 2.26. The number of hydrogen-bond donors (Lipinski definition) is 2. The number of nitrogens with one attached hydrogen (secondary N) is 1. The Morgan fingerprint density at radius 2 is 2.29 bits per heavy atom. The molecule has 1 aliphatic carbocycles. The number of rotatable bonds is 6. The van der Waals surface area contributed by atoms with Crippen molar-refractivity contribution < 1.29 is 9.90 Å². The first kappa shape index (κ1) is 16.3. The van der Waals surface area contributed by atoms with Crippen LogP contribution >= 0.6 is 11.8 Å². The number of aliphatic hydroxyl groups is 1. The molecule has 0 radical (unpaired) electrons. The number of anilines is 1. The molecular weight excluding hydrogens is 284 g/mol. The molecule has 116 valence electrons. The summed E-state index contributed by atoms with van der Waals surface area (Å²) in [5.41, 5.74) is 0.834. The van der Waals surface area contributed by atoms with E-state index in [4.69, 9.17) is 0 Å². The summed E-state index contributed by atoms with van der Waals surface area (Å²) < 4.78 is 0. The van der Waals surface area contributed by atoms with Crippen molar-refractivity contribution in [3.8, 4) is 0 Å². The second kappa shape index (κ2) is 7.82. The molecule has 0 saturated heterocycles. The van der Waals surface area contributed by atoms with Crippen molar-refractivity contribution in [1.29, 1.82) is 0 Å². The van der Waals surface area contributed by atoms with Crippen LogP contribution in [-0.4, -0.2) is 48.4 Å². The minimum Gasteiger partial charge on any atom is -0.393 e. The van der Waals surface area contributed by atoms with E-state index in [2.05, 4.69) is 5.32 Å². The van der Waals surface area contributed by atoms with Crippen molar-refractivity contribution in [3.63, 3.8) is 0 Å². The third-order valence-corrected chi connectivity index (χ3v) is 4.66. The maximum atomic E-state index is 12.1. The molecule has 0 aliphatic heterocycles. The minimum absolute atomic E-state index is 0.0109. The molecular formula is C16H24N2O2S. The number of carbonyl (C=O) groups excluding carboxylic acids is 1. The second-order valence-corrected chi connectivity index (χ2v) is 6.61. The van der Waals surface area contributed by atoms with Gasteiger partial charge in [-0.05, 0) is 50.3 Å². The minimum atomic E-state index is -0.200. The van der Waals surface area contributed by atoms with E-state index < -0.39 is 0 Å². The van der Waals surface area contributed by atoms with E-state index in [1.54, 1.807) is 11.8 Å². The van der Waals surface area contributed by atoms with Crippen molar-refractivity contribution in [1.82, 2.24) is 4.90 Å². The lowest BCUT2D eigenvalue weighted by molar-refractivity contribution is -0.117. The fourth-order valence-electron chi connectivity index (χ4n) is 2.84. The van der Waals surface area contributed by atoms with Crippen LogP contribution in [0.1, 0.15) is 19.3 Å². The molecule has 4 nitrogen and oxygen atoms in total. The summed E-state index contributed by atoms with van der Waals surface area (Å²) in [5.74, 6) is 0.297. The van der Waals surface area contributed by atoms with Crippen LogP contribution < -0.4 is 5.32 Å². The Labute approximate surface area is 130 Å². The van der Waals surface area contributed by atoms with Gasteiger partial charge in [0.15, 0.2) is 0 Å². The predicted molar refractivity (Wildman–Crippen MR) is 87.7 cm³/mol. The summed E-state index contributed by atoms with van der Waals surface area (Å²) in [7, 11) is 1.93. The predicted octanol–water partition coefficient (Wildman–Crippen LogP) is 2.44. The Bertz CT molecular complexity index is 481. The highest BCUT2D eigenvalue weighted by Gasteiger charge is 2.26. The monoisotopic (exact) mass is 308 g/mol. The second-order valence-electron chi connectivity index (χ2n) is 5.74. The fraction of sp³-hybridized carbons (Fsp3) is 0.562. The van der Waals surface area contributed by atoms with Gasteiger partial charge in [0.05, 0.1) is 12.6 Å². The number of carbonyl (C=O) groups is 1. The van der Waals surface area contributed by atoms with Gasteiger partial charge in [-0.25, -0.2) is 0 Å². The molecule has 2 rings (SSSR count). The van der Waals surface area contributed by atoms with Gasteiger partial charge < -0.3 is 10.4 Å². The van der Waals surface area contributed by atoms with Crippen LogP contribution in [0.3, 0.4) is 0 Å². The Balaban J connectivity index is 1.80. The number of likely N-dealkylation sites (N-methyl/N-ethyl adjacent to an activating group) is 1.